The summed E-state index contributed by atoms with van der Waals surface area (Å²) in [4.78, 5) is 0. The van der Waals surface area contributed by atoms with Gasteiger partial charge in [-0.1, -0.05) is 25.9 Å². The molecule has 0 aliphatic heterocycles. The van der Waals surface area contributed by atoms with Crippen LogP contribution in [0.15, 0.2) is 5.16 Å². The van der Waals surface area contributed by atoms with E-state index in [0.29, 0.717) is 0 Å². The summed E-state index contributed by atoms with van der Waals surface area (Å²) in [5.74, 6) is 0.806. The Morgan fingerprint density at radius 3 is 2.10 bits per heavy atom. The number of hydrogen-bond acceptors (Lipinski definition) is 3. The quantitative estimate of drug-likeness (QED) is 0.382. The largest absolute Gasteiger partial charge is 0.411 e. The number of hydrogen-bond donors (Lipinski definition) is 1. The topological polar surface area (TPSA) is 32.6 Å². The average molecular weight is 161 g/mol. The molecule has 0 rings (SSSR count). The fourth-order valence-corrected chi connectivity index (χ4v) is 1.30. The zero-order chi connectivity index (χ0) is 8.20. The number of oxime groups is 1. The van der Waals surface area contributed by atoms with Crippen molar-refractivity contribution in [2.24, 2.45) is 10.6 Å². The first kappa shape index (κ1) is 9.82. The SMILES string of the molecule is CSC/C(=N\O)C(C)(C)C. The molecule has 0 unspecified atom stereocenters. The first-order valence-corrected chi connectivity index (χ1v) is 4.62. The van der Waals surface area contributed by atoms with Gasteiger partial charge in [0.15, 0.2) is 0 Å². The lowest BCUT2D eigenvalue weighted by Gasteiger charge is -2.18. The van der Waals surface area contributed by atoms with E-state index in [0.717, 1.165) is 11.5 Å². The molecule has 0 bridgehead atoms. The summed E-state index contributed by atoms with van der Waals surface area (Å²) in [6, 6.07) is 0. The van der Waals surface area contributed by atoms with Gasteiger partial charge in [0.25, 0.3) is 0 Å². The summed E-state index contributed by atoms with van der Waals surface area (Å²) in [5, 5.41) is 11.8. The minimum atomic E-state index is -0.00222. The van der Waals surface area contributed by atoms with Crippen LogP contribution in [0.1, 0.15) is 20.8 Å². The van der Waals surface area contributed by atoms with Gasteiger partial charge in [-0.2, -0.15) is 11.8 Å². The lowest BCUT2D eigenvalue weighted by molar-refractivity contribution is 0.311. The summed E-state index contributed by atoms with van der Waals surface area (Å²) >= 11 is 1.67. The fourth-order valence-electron chi connectivity index (χ4n) is 0.532. The van der Waals surface area contributed by atoms with Gasteiger partial charge in [0.1, 0.15) is 0 Å². The van der Waals surface area contributed by atoms with Crippen LogP contribution in [0.4, 0.5) is 0 Å². The number of nitrogens with zero attached hydrogens (tertiary/aromatic N) is 1. The Hall–Kier alpha value is -0.180. The molecule has 3 heteroatoms. The van der Waals surface area contributed by atoms with Crippen LogP contribution in [-0.4, -0.2) is 22.9 Å². The van der Waals surface area contributed by atoms with Gasteiger partial charge >= 0.3 is 0 Å². The molecule has 0 fully saturated rings. The van der Waals surface area contributed by atoms with E-state index in [1.54, 1.807) is 11.8 Å². The molecular weight excluding hydrogens is 146 g/mol. The molecule has 0 aliphatic rings. The number of thioether (sulfide) groups is 1. The summed E-state index contributed by atoms with van der Waals surface area (Å²) in [5.41, 5.74) is 0.845. The van der Waals surface area contributed by atoms with Gasteiger partial charge in [-0.05, 0) is 6.26 Å². The van der Waals surface area contributed by atoms with E-state index in [9.17, 15) is 0 Å². The van der Waals surface area contributed by atoms with Crippen molar-refractivity contribution in [3.05, 3.63) is 0 Å². The molecule has 2 nitrogen and oxygen atoms in total. The zero-order valence-electron chi connectivity index (χ0n) is 7.01. The Labute approximate surface area is 66.7 Å². The van der Waals surface area contributed by atoms with Gasteiger partial charge in [0.05, 0.1) is 5.71 Å². The molecule has 0 amide bonds. The highest BCUT2D eigenvalue weighted by Gasteiger charge is 2.18. The molecular formula is C7H15NOS. The predicted molar refractivity (Wildman–Crippen MR) is 47.1 cm³/mol. The van der Waals surface area contributed by atoms with Crippen molar-refractivity contribution in [1.82, 2.24) is 0 Å². The second kappa shape index (κ2) is 3.86. The van der Waals surface area contributed by atoms with E-state index >= 15 is 0 Å². The van der Waals surface area contributed by atoms with Gasteiger partial charge < -0.3 is 5.21 Å². The van der Waals surface area contributed by atoms with Crippen LogP contribution in [0, 0.1) is 5.41 Å². The predicted octanol–water partition coefficient (Wildman–Crippen LogP) is 2.23. The molecule has 0 atom stereocenters. The summed E-state index contributed by atoms with van der Waals surface area (Å²) < 4.78 is 0. The second-order valence-corrected chi connectivity index (χ2v) is 4.10. The van der Waals surface area contributed by atoms with E-state index in [4.69, 9.17) is 5.21 Å². The van der Waals surface area contributed by atoms with Crippen molar-refractivity contribution in [3.63, 3.8) is 0 Å². The third kappa shape index (κ3) is 3.11. The van der Waals surface area contributed by atoms with Gasteiger partial charge in [-0.3, -0.25) is 0 Å². The van der Waals surface area contributed by atoms with Crippen molar-refractivity contribution in [3.8, 4) is 0 Å². The first-order valence-electron chi connectivity index (χ1n) is 3.22. The van der Waals surface area contributed by atoms with Gasteiger partial charge in [-0.25, -0.2) is 0 Å². The molecule has 10 heavy (non-hydrogen) atoms. The molecule has 0 aromatic rings. The van der Waals surface area contributed by atoms with Crippen LogP contribution in [0.2, 0.25) is 0 Å². The molecule has 60 valence electrons. The summed E-state index contributed by atoms with van der Waals surface area (Å²) in [7, 11) is 0. The van der Waals surface area contributed by atoms with Crippen LogP contribution in [0.3, 0.4) is 0 Å². The summed E-state index contributed by atoms with van der Waals surface area (Å²) in [6.07, 6.45) is 2.00. The smallest absolute Gasteiger partial charge is 0.0722 e. The van der Waals surface area contributed by atoms with E-state index < -0.39 is 0 Å². The van der Waals surface area contributed by atoms with E-state index in [-0.39, 0.29) is 5.41 Å². The minimum Gasteiger partial charge on any atom is -0.411 e. The Morgan fingerprint density at radius 2 is 2.00 bits per heavy atom. The van der Waals surface area contributed by atoms with Gasteiger partial charge in [0.2, 0.25) is 0 Å². The summed E-state index contributed by atoms with van der Waals surface area (Å²) in [6.45, 7) is 6.12. The molecule has 0 saturated heterocycles. The lowest BCUT2D eigenvalue weighted by atomic mass is 9.91. The highest BCUT2D eigenvalue weighted by atomic mass is 32.2. The molecule has 0 aromatic carbocycles. The highest BCUT2D eigenvalue weighted by Crippen LogP contribution is 2.18. The Kier molecular flexibility index (Phi) is 3.79. The molecule has 0 aromatic heterocycles. The fraction of sp³-hybridized carbons (Fsp3) is 0.857. The molecule has 1 N–H and O–H groups in total. The molecule has 0 saturated carbocycles. The van der Waals surface area contributed by atoms with Crippen LogP contribution < -0.4 is 0 Å². The number of rotatable bonds is 2. The maximum absolute atomic E-state index is 8.57. The van der Waals surface area contributed by atoms with E-state index in [2.05, 4.69) is 5.16 Å². The van der Waals surface area contributed by atoms with Crippen molar-refractivity contribution in [2.45, 2.75) is 20.8 Å². The van der Waals surface area contributed by atoms with Crippen molar-refractivity contribution < 1.29 is 5.21 Å². The monoisotopic (exact) mass is 161 g/mol. The average Bonchev–Trinajstić information content (AvgIpc) is 1.80. The van der Waals surface area contributed by atoms with Crippen molar-refractivity contribution in [1.29, 1.82) is 0 Å². The third-order valence-corrected chi connectivity index (χ3v) is 1.83. The Morgan fingerprint density at radius 1 is 1.50 bits per heavy atom. The van der Waals surface area contributed by atoms with Crippen molar-refractivity contribution in [2.75, 3.05) is 12.0 Å². The first-order chi connectivity index (χ1) is 4.52. The maximum Gasteiger partial charge on any atom is 0.0722 e. The minimum absolute atomic E-state index is 0.00222. The third-order valence-electron chi connectivity index (χ3n) is 1.27. The highest BCUT2D eigenvalue weighted by molar-refractivity contribution is 7.99. The van der Waals surface area contributed by atoms with Crippen LogP contribution >= 0.6 is 11.8 Å². The van der Waals surface area contributed by atoms with Crippen LogP contribution in [0.25, 0.3) is 0 Å². The lowest BCUT2D eigenvalue weighted by Crippen LogP contribution is -2.22. The van der Waals surface area contributed by atoms with E-state index in [1.165, 1.54) is 0 Å². The molecule has 0 heterocycles. The Bertz CT molecular complexity index is 126. The van der Waals surface area contributed by atoms with E-state index in [1.807, 2.05) is 27.0 Å². The van der Waals surface area contributed by atoms with Gasteiger partial charge in [-0.15, -0.1) is 0 Å². The maximum atomic E-state index is 8.57. The van der Waals surface area contributed by atoms with Crippen LogP contribution in [0.5, 0.6) is 0 Å². The van der Waals surface area contributed by atoms with Gasteiger partial charge in [0, 0.05) is 11.2 Å². The normalized spacial score (nSPS) is 13.8. The standard InChI is InChI=1S/C7H15NOS/c1-7(2,3)6(8-9)5-10-4/h9H,5H2,1-4H3/b8-6+. The second-order valence-electron chi connectivity index (χ2n) is 3.23. The molecule has 0 aliphatic carbocycles. The Balaban J connectivity index is 4.10. The zero-order valence-corrected chi connectivity index (χ0v) is 7.83. The molecule has 0 radical (unpaired) electrons. The van der Waals surface area contributed by atoms with Crippen molar-refractivity contribution >= 4 is 17.5 Å². The van der Waals surface area contributed by atoms with Crippen LogP contribution in [-0.2, 0) is 0 Å². The molecule has 0 spiro atoms.